The minimum atomic E-state index is -5.26. The highest BCUT2D eigenvalue weighted by Crippen LogP contribution is 2.23. The molecule has 0 spiro atoms. The van der Waals surface area contributed by atoms with E-state index >= 15 is 0 Å². The molecular weight excluding hydrogens is 221 g/mol. The second kappa shape index (κ2) is 3.29. The van der Waals surface area contributed by atoms with Gasteiger partial charge in [0.1, 0.15) is 6.21 Å². The molecule has 0 saturated carbocycles. The molecule has 0 radical (unpaired) electrons. The van der Waals surface area contributed by atoms with E-state index in [1.165, 1.54) is 0 Å². The Balaban J connectivity index is 2.88. The second-order valence-electron chi connectivity index (χ2n) is 2.38. The standard InChI is InChI=1S/C5H3F3N4O3/c6-5(7,8)3(14)15-4(2(9)13)1-10-12-11-4/h1H,(H2,9,13). The summed E-state index contributed by atoms with van der Waals surface area (Å²) in [5.41, 5.74) is 2.11. The van der Waals surface area contributed by atoms with Crippen LogP contribution >= 0.6 is 0 Å². The van der Waals surface area contributed by atoms with E-state index < -0.39 is 23.8 Å². The molecule has 1 heterocycles. The highest BCUT2D eigenvalue weighted by atomic mass is 19.4. The van der Waals surface area contributed by atoms with E-state index in [4.69, 9.17) is 5.73 Å². The van der Waals surface area contributed by atoms with Crippen molar-refractivity contribution < 1.29 is 27.5 Å². The van der Waals surface area contributed by atoms with E-state index in [-0.39, 0.29) is 0 Å². The van der Waals surface area contributed by atoms with Crippen LogP contribution in [0.2, 0.25) is 0 Å². The number of ether oxygens (including phenoxy) is 1. The minimum absolute atomic E-state index is 0.499. The number of carbonyl (C=O) groups is 2. The molecule has 15 heavy (non-hydrogen) atoms. The molecule has 82 valence electrons. The van der Waals surface area contributed by atoms with Crippen molar-refractivity contribution in [3.8, 4) is 0 Å². The number of nitrogens with zero attached hydrogens (tertiary/aromatic N) is 3. The van der Waals surface area contributed by atoms with E-state index in [2.05, 4.69) is 20.2 Å². The number of alkyl halides is 3. The van der Waals surface area contributed by atoms with Gasteiger partial charge in [0, 0.05) is 0 Å². The fourth-order valence-corrected chi connectivity index (χ4v) is 0.631. The monoisotopic (exact) mass is 224 g/mol. The Hall–Kier alpha value is -2.00. The first-order chi connectivity index (χ1) is 6.78. The van der Waals surface area contributed by atoms with Crippen molar-refractivity contribution in [2.24, 2.45) is 21.2 Å². The van der Waals surface area contributed by atoms with Gasteiger partial charge in [-0.25, -0.2) is 4.79 Å². The van der Waals surface area contributed by atoms with Gasteiger partial charge in [-0.2, -0.15) is 13.2 Å². The molecule has 2 N–H and O–H groups in total. The number of halogens is 3. The van der Waals surface area contributed by atoms with Crippen molar-refractivity contribution >= 4 is 18.1 Å². The molecule has 0 saturated heterocycles. The van der Waals surface area contributed by atoms with Gasteiger partial charge in [-0.05, 0) is 5.22 Å². The van der Waals surface area contributed by atoms with Gasteiger partial charge >= 0.3 is 17.9 Å². The van der Waals surface area contributed by atoms with E-state index in [1.807, 2.05) is 0 Å². The normalized spacial score (nSPS) is 24.2. The van der Waals surface area contributed by atoms with Gasteiger partial charge in [0.25, 0.3) is 5.91 Å². The summed E-state index contributed by atoms with van der Waals surface area (Å²) in [6.07, 6.45) is -4.76. The molecule has 1 atom stereocenters. The van der Waals surface area contributed by atoms with Crippen LogP contribution in [0.25, 0.3) is 0 Å². The maximum atomic E-state index is 11.8. The number of nitrogens with two attached hydrogens (primary N) is 1. The predicted octanol–water partition coefficient (Wildman–Crippen LogP) is -0.275. The number of primary amides is 1. The Morgan fingerprint density at radius 2 is 2.00 bits per heavy atom. The first-order valence-electron chi connectivity index (χ1n) is 3.34. The van der Waals surface area contributed by atoms with Gasteiger partial charge in [0.2, 0.25) is 0 Å². The van der Waals surface area contributed by atoms with Gasteiger partial charge in [-0.1, -0.05) is 0 Å². The van der Waals surface area contributed by atoms with Crippen molar-refractivity contribution in [2.45, 2.75) is 11.9 Å². The number of hydrogen-bond donors (Lipinski definition) is 1. The molecule has 1 amide bonds. The Morgan fingerprint density at radius 3 is 2.33 bits per heavy atom. The Kier molecular flexibility index (Phi) is 2.43. The summed E-state index contributed by atoms with van der Waals surface area (Å²) in [7, 11) is 0. The Labute approximate surface area is 79.8 Å². The maximum absolute atomic E-state index is 11.8. The molecule has 1 aliphatic rings. The lowest BCUT2D eigenvalue weighted by Crippen LogP contribution is -2.48. The zero-order chi connectivity index (χ0) is 11.7. The van der Waals surface area contributed by atoms with Crippen LogP contribution in [0, 0.1) is 0 Å². The Morgan fingerprint density at radius 1 is 1.40 bits per heavy atom. The lowest BCUT2D eigenvalue weighted by Gasteiger charge is -2.18. The first kappa shape index (κ1) is 11.1. The third kappa shape index (κ3) is 2.08. The zero-order valence-electron chi connectivity index (χ0n) is 6.85. The molecule has 0 fully saturated rings. The average molecular weight is 224 g/mol. The topological polar surface area (TPSA) is 106 Å². The average Bonchev–Trinajstić information content (AvgIpc) is 2.52. The van der Waals surface area contributed by atoms with Crippen molar-refractivity contribution in [1.29, 1.82) is 0 Å². The van der Waals surface area contributed by atoms with Crippen molar-refractivity contribution in [3.63, 3.8) is 0 Å². The maximum Gasteiger partial charge on any atom is 0.491 e. The van der Waals surface area contributed by atoms with Crippen LogP contribution in [-0.4, -0.2) is 30.0 Å². The molecule has 1 rings (SSSR count). The largest absolute Gasteiger partial charge is 0.491 e. The van der Waals surface area contributed by atoms with Crippen molar-refractivity contribution in [3.05, 3.63) is 0 Å². The Bertz CT molecular complexity index is 349. The van der Waals surface area contributed by atoms with Gasteiger partial charge in [0.15, 0.2) is 0 Å². The predicted molar refractivity (Wildman–Crippen MR) is 37.4 cm³/mol. The van der Waals surface area contributed by atoms with Gasteiger partial charge in [-0.3, -0.25) is 4.79 Å². The van der Waals surface area contributed by atoms with E-state index in [0.717, 1.165) is 0 Å². The summed E-state index contributed by atoms with van der Waals surface area (Å²) < 4.78 is 39.2. The van der Waals surface area contributed by atoms with Crippen molar-refractivity contribution in [2.75, 3.05) is 0 Å². The number of esters is 1. The van der Waals surface area contributed by atoms with Crippen LogP contribution < -0.4 is 5.73 Å². The molecule has 0 aliphatic carbocycles. The SMILES string of the molecule is NC(=O)C1(OC(=O)C(F)(F)F)C=NN=N1. The zero-order valence-corrected chi connectivity index (χ0v) is 6.85. The van der Waals surface area contributed by atoms with Gasteiger partial charge in [0.05, 0.1) is 0 Å². The molecule has 0 aromatic rings. The van der Waals surface area contributed by atoms with E-state index in [1.54, 1.807) is 0 Å². The summed E-state index contributed by atoms with van der Waals surface area (Å²) in [6, 6.07) is 0. The van der Waals surface area contributed by atoms with E-state index in [9.17, 15) is 22.8 Å². The highest BCUT2D eigenvalue weighted by molar-refractivity contribution is 6.03. The third-order valence-corrected chi connectivity index (χ3v) is 1.31. The molecule has 7 nitrogen and oxygen atoms in total. The lowest BCUT2D eigenvalue weighted by molar-refractivity contribution is -0.208. The summed E-state index contributed by atoms with van der Waals surface area (Å²) in [4.78, 5) is 21.1. The van der Waals surface area contributed by atoms with Crippen LogP contribution in [0.5, 0.6) is 0 Å². The smallest absolute Gasteiger partial charge is 0.414 e. The molecular formula is C5H3F3N4O3. The first-order valence-corrected chi connectivity index (χ1v) is 3.34. The molecule has 0 aromatic heterocycles. The van der Waals surface area contributed by atoms with Crippen LogP contribution in [-0.2, 0) is 14.3 Å². The fourth-order valence-electron chi connectivity index (χ4n) is 0.631. The quantitative estimate of drug-likeness (QED) is 0.652. The molecule has 0 bridgehead atoms. The summed E-state index contributed by atoms with van der Waals surface area (Å²) >= 11 is 0. The molecule has 10 heteroatoms. The minimum Gasteiger partial charge on any atom is -0.414 e. The summed E-state index contributed by atoms with van der Waals surface area (Å²) in [5.74, 6) is -4.03. The number of carbonyl (C=O) groups excluding carboxylic acids is 2. The number of rotatable bonds is 2. The fraction of sp³-hybridized carbons (Fsp3) is 0.400. The van der Waals surface area contributed by atoms with Crippen LogP contribution in [0.3, 0.4) is 0 Å². The molecule has 1 aliphatic heterocycles. The number of amides is 1. The molecule has 1 unspecified atom stereocenters. The van der Waals surface area contributed by atoms with E-state index in [0.29, 0.717) is 6.21 Å². The molecule has 0 aromatic carbocycles. The summed E-state index contributed by atoms with van der Waals surface area (Å²) in [5, 5.41) is 8.73. The van der Waals surface area contributed by atoms with Crippen LogP contribution in [0.1, 0.15) is 0 Å². The lowest BCUT2D eigenvalue weighted by atomic mass is 10.2. The third-order valence-electron chi connectivity index (χ3n) is 1.31. The second-order valence-corrected chi connectivity index (χ2v) is 2.38. The van der Waals surface area contributed by atoms with Crippen LogP contribution in [0.4, 0.5) is 13.2 Å². The summed E-state index contributed by atoms with van der Waals surface area (Å²) in [6.45, 7) is 0. The highest BCUT2D eigenvalue weighted by Gasteiger charge is 2.50. The van der Waals surface area contributed by atoms with Gasteiger partial charge < -0.3 is 10.5 Å². The number of hydrogen-bond acceptors (Lipinski definition) is 6. The van der Waals surface area contributed by atoms with Crippen LogP contribution in [0.15, 0.2) is 15.4 Å². The van der Waals surface area contributed by atoms with Gasteiger partial charge in [-0.15, -0.1) is 10.2 Å². The van der Waals surface area contributed by atoms with Crippen molar-refractivity contribution in [1.82, 2.24) is 0 Å².